The molecule has 0 unspecified atom stereocenters. The molecule has 8 heteroatoms. The van der Waals surface area contributed by atoms with E-state index in [9.17, 15) is 4.79 Å². The average Bonchev–Trinajstić information content (AvgIpc) is 3.08. The summed E-state index contributed by atoms with van der Waals surface area (Å²) < 4.78 is 5.35. The number of thiazole rings is 1. The van der Waals surface area contributed by atoms with Crippen molar-refractivity contribution in [1.29, 1.82) is 0 Å². The Labute approximate surface area is 161 Å². The number of aromatic nitrogens is 3. The van der Waals surface area contributed by atoms with E-state index in [1.807, 2.05) is 26.2 Å². The van der Waals surface area contributed by atoms with E-state index in [0.29, 0.717) is 23.1 Å². The van der Waals surface area contributed by atoms with E-state index in [4.69, 9.17) is 9.84 Å². The van der Waals surface area contributed by atoms with Gasteiger partial charge in [0.15, 0.2) is 5.82 Å². The number of carboxylic acid groups (broad SMARTS) is 1. The lowest BCUT2D eigenvalue weighted by Crippen LogP contribution is -2.07. The van der Waals surface area contributed by atoms with Crippen molar-refractivity contribution in [2.75, 3.05) is 12.4 Å². The number of carboxylic acids is 1. The first-order valence-corrected chi connectivity index (χ1v) is 9.29. The van der Waals surface area contributed by atoms with Gasteiger partial charge in [-0.3, -0.25) is 0 Å². The van der Waals surface area contributed by atoms with E-state index in [1.54, 1.807) is 17.4 Å². The van der Waals surface area contributed by atoms with Crippen LogP contribution in [0.4, 0.5) is 11.5 Å². The van der Waals surface area contributed by atoms with Gasteiger partial charge in [-0.2, -0.15) is 0 Å². The summed E-state index contributed by atoms with van der Waals surface area (Å²) in [4.78, 5) is 24.9. The van der Waals surface area contributed by atoms with Gasteiger partial charge in [0.05, 0.1) is 23.4 Å². The maximum atomic E-state index is 11.2. The lowest BCUT2D eigenvalue weighted by Gasteiger charge is -2.16. The third kappa shape index (κ3) is 3.90. The Kier molecular flexibility index (Phi) is 5.36. The molecule has 2 aromatic heterocycles. The van der Waals surface area contributed by atoms with Crippen LogP contribution in [0, 0.1) is 13.8 Å². The van der Waals surface area contributed by atoms with E-state index in [-0.39, 0.29) is 5.56 Å². The van der Waals surface area contributed by atoms with Gasteiger partial charge in [0, 0.05) is 16.6 Å². The SMILES string of the molecule is CCc1c(C)nc(-c2csc(C)n2)nc1Nc1ccc(C(=O)O)cc1OC. The van der Waals surface area contributed by atoms with E-state index < -0.39 is 5.97 Å². The number of benzene rings is 1. The second kappa shape index (κ2) is 7.71. The molecule has 0 fully saturated rings. The van der Waals surface area contributed by atoms with Gasteiger partial charge in [0.1, 0.15) is 17.3 Å². The molecule has 0 amide bonds. The van der Waals surface area contributed by atoms with Gasteiger partial charge in [-0.1, -0.05) is 6.92 Å². The molecule has 2 heterocycles. The molecule has 0 atom stereocenters. The maximum absolute atomic E-state index is 11.2. The van der Waals surface area contributed by atoms with Crippen molar-refractivity contribution in [3.8, 4) is 17.3 Å². The fourth-order valence-corrected chi connectivity index (χ4v) is 3.35. The zero-order valence-electron chi connectivity index (χ0n) is 15.5. The normalized spacial score (nSPS) is 10.7. The summed E-state index contributed by atoms with van der Waals surface area (Å²) in [5.74, 6) is 0.636. The predicted molar refractivity (Wildman–Crippen MR) is 105 cm³/mol. The summed E-state index contributed by atoms with van der Waals surface area (Å²) in [5, 5.41) is 15.3. The van der Waals surface area contributed by atoms with Crippen LogP contribution in [0.25, 0.3) is 11.5 Å². The number of anilines is 2. The van der Waals surface area contributed by atoms with E-state index in [0.717, 1.165) is 28.4 Å². The monoisotopic (exact) mass is 384 g/mol. The van der Waals surface area contributed by atoms with Crippen molar-refractivity contribution in [2.45, 2.75) is 27.2 Å². The number of hydrogen-bond donors (Lipinski definition) is 2. The topological polar surface area (TPSA) is 97.2 Å². The Balaban J connectivity index is 2.05. The second-order valence-corrected chi connectivity index (χ2v) is 6.97. The lowest BCUT2D eigenvalue weighted by molar-refractivity contribution is 0.0696. The zero-order chi connectivity index (χ0) is 19.6. The van der Waals surface area contributed by atoms with Crippen molar-refractivity contribution in [3.05, 3.63) is 45.4 Å². The number of hydrogen-bond acceptors (Lipinski definition) is 7. The summed E-state index contributed by atoms with van der Waals surface area (Å²) in [6.45, 7) is 5.92. The molecule has 0 saturated carbocycles. The van der Waals surface area contributed by atoms with Crippen molar-refractivity contribution in [3.63, 3.8) is 0 Å². The van der Waals surface area contributed by atoms with Crippen LogP contribution >= 0.6 is 11.3 Å². The van der Waals surface area contributed by atoms with Crippen LogP contribution < -0.4 is 10.1 Å². The molecule has 0 radical (unpaired) electrons. The van der Waals surface area contributed by atoms with E-state index in [2.05, 4.69) is 20.3 Å². The smallest absolute Gasteiger partial charge is 0.335 e. The van der Waals surface area contributed by atoms with Crippen molar-refractivity contribution in [1.82, 2.24) is 15.0 Å². The van der Waals surface area contributed by atoms with Crippen LogP contribution in [0.3, 0.4) is 0 Å². The standard InChI is InChI=1S/C19H20N4O3S/c1-5-13-10(2)20-18(15-9-27-11(3)21-15)23-17(13)22-14-7-6-12(19(24)25)8-16(14)26-4/h6-9H,5H2,1-4H3,(H,24,25)(H,20,22,23). The van der Waals surface area contributed by atoms with Crippen molar-refractivity contribution >= 4 is 28.8 Å². The van der Waals surface area contributed by atoms with Gasteiger partial charge in [-0.15, -0.1) is 11.3 Å². The number of nitrogens with zero attached hydrogens (tertiary/aromatic N) is 3. The molecule has 7 nitrogen and oxygen atoms in total. The largest absolute Gasteiger partial charge is 0.495 e. The van der Waals surface area contributed by atoms with Gasteiger partial charge >= 0.3 is 5.97 Å². The molecule has 1 aromatic carbocycles. The highest BCUT2D eigenvalue weighted by Crippen LogP contribution is 2.31. The van der Waals surface area contributed by atoms with E-state index in [1.165, 1.54) is 19.2 Å². The number of rotatable bonds is 6. The molecule has 3 aromatic rings. The van der Waals surface area contributed by atoms with Crippen LogP contribution in [0.2, 0.25) is 0 Å². The summed E-state index contributed by atoms with van der Waals surface area (Å²) in [5.41, 5.74) is 3.38. The first-order valence-electron chi connectivity index (χ1n) is 8.41. The molecule has 0 aliphatic carbocycles. The minimum Gasteiger partial charge on any atom is -0.495 e. The fraction of sp³-hybridized carbons (Fsp3) is 0.263. The Morgan fingerprint density at radius 3 is 2.63 bits per heavy atom. The number of nitrogens with one attached hydrogen (secondary N) is 1. The lowest BCUT2D eigenvalue weighted by atomic mass is 10.1. The second-order valence-electron chi connectivity index (χ2n) is 5.91. The molecule has 2 N–H and O–H groups in total. The van der Waals surface area contributed by atoms with Crippen LogP contribution in [0.15, 0.2) is 23.6 Å². The van der Waals surface area contributed by atoms with Gasteiger partial charge < -0.3 is 15.2 Å². The number of methoxy groups -OCH3 is 1. The summed E-state index contributed by atoms with van der Waals surface area (Å²) in [6.07, 6.45) is 0.750. The van der Waals surface area contributed by atoms with Crippen LogP contribution in [0.1, 0.15) is 33.5 Å². The summed E-state index contributed by atoms with van der Waals surface area (Å²) in [6, 6.07) is 4.68. The molecule has 27 heavy (non-hydrogen) atoms. The first-order chi connectivity index (χ1) is 12.9. The Hall–Kier alpha value is -3.00. The minimum absolute atomic E-state index is 0.158. The van der Waals surface area contributed by atoms with Crippen LogP contribution in [-0.4, -0.2) is 33.1 Å². The summed E-state index contributed by atoms with van der Waals surface area (Å²) in [7, 11) is 1.50. The average molecular weight is 384 g/mol. The Bertz CT molecular complexity index is 1000. The molecule has 0 aliphatic rings. The zero-order valence-corrected chi connectivity index (χ0v) is 16.3. The molecule has 0 saturated heterocycles. The predicted octanol–water partition coefficient (Wildman–Crippen LogP) is 4.23. The van der Waals surface area contributed by atoms with Crippen molar-refractivity contribution < 1.29 is 14.6 Å². The number of carbonyl (C=O) groups is 1. The highest BCUT2D eigenvalue weighted by molar-refractivity contribution is 7.09. The molecular formula is C19H20N4O3S. The highest BCUT2D eigenvalue weighted by atomic mass is 32.1. The molecule has 0 bridgehead atoms. The highest BCUT2D eigenvalue weighted by Gasteiger charge is 2.16. The van der Waals surface area contributed by atoms with Crippen LogP contribution in [-0.2, 0) is 6.42 Å². The van der Waals surface area contributed by atoms with Gasteiger partial charge in [0.25, 0.3) is 0 Å². The third-order valence-corrected chi connectivity index (χ3v) is 4.89. The van der Waals surface area contributed by atoms with Gasteiger partial charge in [-0.05, 0) is 38.5 Å². The molecule has 3 rings (SSSR count). The van der Waals surface area contributed by atoms with Gasteiger partial charge in [0.2, 0.25) is 0 Å². The van der Waals surface area contributed by atoms with Crippen molar-refractivity contribution in [2.24, 2.45) is 0 Å². The van der Waals surface area contributed by atoms with E-state index >= 15 is 0 Å². The minimum atomic E-state index is -1.01. The molecule has 0 spiro atoms. The Morgan fingerprint density at radius 1 is 1.26 bits per heavy atom. The number of ether oxygens (including phenoxy) is 1. The summed E-state index contributed by atoms with van der Waals surface area (Å²) >= 11 is 1.55. The molecular weight excluding hydrogens is 364 g/mol. The number of aromatic carboxylic acids is 1. The first kappa shape index (κ1) is 18.8. The quantitative estimate of drug-likeness (QED) is 0.656. The number of aryl methyl sites for hydroxylation is 2. The maximum Gasteiger partial charge on any atom is 0.335 e. The third-order valence-electron chi connectivity index (χ3n) is 4.12. The fourth-order valence-electron chi connectivity index (χ4n) is 2.76. The Morgan fingerprint density at radius 2 is 2.04 bits per heavy atom. The van der Waals surface area contributed by atoms with Gasteiger partial charge in [-0.25, -0.2) is 19.7 Å². The molecule has 0 aliphatic heterocycles. The van der Waals surface area contributed by atoms with Crippen LogP contribution in [0.5, 0.6) is 5.75 Å². The molecule has 140 valence electrons.